The number of alkyl halides is 3. The van der Waals surface area contributed by atoms with Gasteiger partial charge in [-0.1, -0.05) is 6.92 Å². The van der Waals surface area contributed by atoms with E-state index < -0.39 is 18.6 Å². The maximum absolute atomic E-state index is 12.4. The van der Waals surface area contributed by atoms with Crippen LogP contribution in [0.2, 0.25) is 0 Å². The number of nitrogens with two attached hydrogens (primary N) is 1. The summed E-state index contributed by atoms with van der Waals surface area (Å²) in [6.45, 7) is 0.886. The SMILES string of the molecule is CCCN(Cc1occc1C(=O)NN)CC(F)(F)F. The Bertz CT molecular complexity index is 418. The molecule has 1 amide bonds. The fraction of sp³-hybridized carbons (Fsp3) is 0.545. The average Bonchev–Trinajstić information content (AvgIpc) is 2.74. The molecule has 1 heterocycles. The van der Waals surface area contributed by atoms with Crippen molar-refractivity contribution in [3.8, 4) is 0 Å². The molecule has 19 heavy (non-hydrogen) atoms. The van der Waals surface area contributed by atoms with Gasteiger partial charge in [0.15, 0.2) is 0 Å². The summed E-state index contributed by atoms with van der Waals surface area (Å²) in [6, 6.07) is 1.37. The van der Waals surface area contributed by atoms with Crippen molar-refractivity contribution >= 4 is 5.91 Å². The first-order chi connectivity index (χ1) is 8.87. The van der Waals surface area contributed by atoms with Crippen molar-refractivity contribution in [1.82, 2.24) is 10.3 Å². The number of furan rings is 1. The van der Waals surface area contributed by atoms with Gasteiger partial charge >= 0.3 is 6.18 Å². The van der Waals surface area contributed by atoms with Crippen LogP contribution in [0.3, 0.4) is 0 Å². The van der Waals surface area contributed by atoms with Gasteiger partial charge in [0.1, 0.15) is 5.76 Å². The largest absolute Gasteiger partial charge is 0.467 e. The quantitative estimate of drug-likeness (QED) is 0.472. The minimum atomic E-state index is -4.29. The molecule has 0 saturated carbocycles. The first kappa shape index (κ1) is 15.5. The molecule has 0 aliphatic rings. The third-order valence-electron chi connectivity index (χ3n) is 2.43. The van der Waals surface area contributed by atoms with Gasteiger partial charge in [0.05, 0.1) is 24.9 Å². The lowest BCUT2D eigenvalue weighted by molar-refractivity contribution is -0.147. The molecule has 0 aromatic carbocycles. The average molecular weight is 279 g/mol. The number of amides is 1. The molecule has 108 valence electrons. The highest BCUT2D eigenvalue weighted by Crippen LogP contribution is 2.20. The Balaban J connectivity index is 2.79. The van der Waals surface area contributed by atoms with Crippen molar-refractivity contribution < 1.29 is 22.4 Å². The third kappa shape index (κ3) is 4.92. The van der Waals surface area contributed by atoms with Gasteiger partial charge in [-0.2, -0.15) is 13.2 Å². The van der Waals surface area contributed by atoms with Gasteiger partial charge in [-0.05, 0) is 19.0 Å². The maximum Gasteiger partial charge on any atom is 0.401 e. The van der Waals surface area contributed by atoms with Crippen LogP contribution in [0.4, 0.5) is 13.2 Å². The number of nitrogens with one attached hydrogen (secondary N) is 1. The molecular weight excluding hydrogens is 263 g/mol. The maximum atomic E-state index is 12.4. The zero-order chi connectivity index (χ0) is 14.5. The second-order valence-corrected chi connectivity index (χ2v) is 4.06. The second-order valence-electron chi connectivity index (χ2n) is 4.06. The number of nitrogen functional groups attached to an aromatic ring is 1. The summed E-state index contributed by atoms with van der Waals surface area (Å²) in [6.07, 6.45) is -2.48. The van der Waals surface area contributed by atoms with Crippen LogP contribution in [-0.4, -0.2) is 30.1 Å². The van der Waals surface area contributed by atoms with Crippen LogP contribution < -0.4 is 11.3 Å². The topological polar surface area (TPSA) is 71.5 Å². The fourth-order valence-corrected chi connectivity index (χ4v) is 1.73. The van der Waals surface area contributed by atoms with Crippen molar-refractivity contribution in [2.75, 3.05) is 13.1 Å². The Kier molecular flexibility index (Phi) is 5.37. The zero-order valence-corrected chi connectivity index (χ0v) is 10.5. The van der Waals surface area contributed by atoms with Crippen molar-refractivity contribution in [1.29, 1.82) is 0 Å². The van der Waals surface area contributed by atoms with E-state index in [1.54, 1.807) is 6.92 Å². The Morgan fingerprint density at radius 2 is 2.21 bits per heavy atom. The number of nitrogens with zero attached hydrogens (tertiary/aromatic N) is 1. The van der Waals surface area contributed by atoms with Crippen molar-refractivity contribution in [3.05, 3.63) is 23.7 Å². The van der Waals surface area contributed by atoms with E-state index in [4.69, 9.17) is 10.3 Å². The first-order valence-electron chi connectivity index (χ1n) is 5.73. The molecule has 3 N–H and O–H groups in total. The number of hydrazine groups is 1. The number of carbonyl (C=O) groups is 1. The molecule has 0 radical (unpaired) electrons. The van der Waals surface area contributed by atoms with E-state index in [1.807, 2.05) is 5.43 Å². The van der Waals surface area contributed by atoms with Crippen LogP contribution in [0, 0.1) is 0 Å². The van der Waals surface area contributed by atoms with Crippen molar-refractivity contribution in [2.45, 2.75) is 26.1 Å². The molecule has 0 bridgehead atoms. The van der Waals surface area contributed by atoms with Crippen LogP contribution in [0.5, 0.6) is 0 Å². The van der Waals surface area contributed by atoms with Gasteiger partial charge in [-0.3, -0.25) is 15.1 Å². The molecule has 0 atom stereocenters. The highest BCUT2D eigenvalue weighted by molar-refractivity contribution is 5.94. The summed E-state index contributed by atoms with van der Waals surface area (Å²) in [5, 5.41) is 0. The number of carbonyl (C=O) groups excluding carboxylic acids is 1. The summed E-state index contributed by atoms with van der Waals surface area (Å²) in [5.41, 5.74) is 2.07. The Labute approximate surface area is 108 Å². The summed E-state index contributed by atoms with van der Waals surface area (Å²) in [4.78, 5) is 12.6. The summed E-state index contributed by atoms with van der Waals surface area (Å²) in [7, 11) is 0. The van der Waals surface area contributed by atoms with Gasteiger partial charge in [0.2, 0.25) is 0 Å². The van der Waals surface area contributed by atoms with Crippen LogP contribution >= 0.6 is 0 Å². The number of hydrogen-bond acceptors (Lipinski definition) is 4. The Morgan fingerprint density at radius 1 is 1.53 bits per heavy atom. The van der Waals surface area contributed by atoms with E-state index in [0.717, 1.165) is 0 Å². The molecule has 1 aromatic heterocycles. The summed E-state index contributed by atoms with van der Waals surface area (Å²) < 4.78 is 42.3. The smallest absolute Gasteiger partial charge is 0.401 e. The number of hydrogen-bond donors (Lipinski definition) is 2. The molecule has 0 unspecified atom stereocenters. The van der Waals surface area contributed by atoms with E-state index in [1.165, 1.54) is 17.2 Å². The van der Waals surface area contributed by atoms with E-state index >= 15 is 0 Å². The monoisotopic (exact) mass is 279 g/mol. The summed E-state index contributed by atoms with van der Waals surface area (Å²) >= 11 is 0. The lowest BCUT2D eigenvalue weighted by Gasteiger charge is -2.22. The molecule has 0 fully saturated rings. The van der Waals surface area contributed by atoms with E-state index in [2.05, 4.69) is 0 Å². The van der Waals surface area contributed by atoms with Gasteiger partial charge in [-0.15, -0.1) is 0 Å². The minimum absolute atomic E-state index is 0.0941. The second kappa shape index (κ2) is 6.58. The molecule has 1 rings (SSSR count). The van der Waals surface area contributed by atoms with Crippen molar-refractivity contribution in [2.24, 2.45) is 5.84 Å². The fourth-order valence-electron chi connectivity index (χ4n) is 1.73. The number of halogens is 3. The molecule has 0 aliphatic carbocycles. The lowest BCUT2D eigenvalue weighted by atomic mass is 10.2. The van der Waals surface area contributed by atoms with E-state index in [-0.39, 0.29) is 24.4 Å². The molecule has 0 saturated heterocycles. The predicted octanol–water partition coefficient (Wildman–Crippen LogP) is 1.66. The Hall–Kier alpha value is -1.54. The summed E-state index contributed by atoms with van der Waals surface area (Å²) in [5.74, 6) is 4.57. The molecule has 1 aromatic rings. The standard InChI is InChI=1S/C11H16F3N3O2/c1-2-4-17(7-11(12,13)14)6-9-8(3-5-19-9)10(18)16-15/h3,5H,2,4,6-7,15H2,1H3,(H,16,18). The zero-order valence-electron chi connectivity index (χ0n) is 10.5. The Morgan fingerprint density at radius 3 is 2.74 bits per heavy atom. The molecule has 0 spiro atoms. The van der Waals surface area contributed by atoms with Crippen molar-refractivity contribution in [3.63, 3.8) is 0 Å². The predicted molar refractivity (Wildman–Crippen MR) is 62.0 cm³/mol. The van der Waals surface area contributed by atoms with Gasteiger partial charge in [0.25, 0.3) is 5.91 Å². The molecule has 0 aliphatic heterocycles. The van der Waals surface area contributed by atoms with E-state index in [9.17, 15) is 18.0 Å². The van der Waals surface area contributed by atoms with Crippen LogP contribution in [-0.2, 0) is 6.54 Å². The van der Waals surface area contributed by atoms with Crippen LogP contribution in [0.1, 0.15) is 29.5 Å². The third-order valence-corrected chi connectivity index (χ3v) is 2.43. The minimum Gasteiger partial charge on any atom is -0.467 e. The van der Waals surface area contributed by atoms with Gasteiger partial charge in [0, 0.05) is 0 Å². The highest BCUT2D eigenvalue weighted by Gasteiger charge is 2.31. The van der Waals surface area contributed by atoms with Crippen LogP contribution in [0.15, 0.2) is 16.7 Å². The van der Waals surface area contributed by atoms with Gasteiger partial charge < -0.3 is 4.42 Å². The first-order valence-corrected chi connectivity index (χ1v) is 5.73. The van der Waals surface area contributed by atoms with Crippen LogP contribution in [0.25, 0.3) is 0 Å². The van der Waals surface area contributed by atoms with Gasteiger partial charge in [-0.25, -0.2) is 5.84 Å². The molecule has 5 nitrogen and oxygen atoms in total. The van der Waals surface area contributed by atoms with E-state index in [0.29, 0.717) is 6.42 Å². The molecular formula is C11H16F3N3O2. The molecule has 8 heteroatoms. The normalized spacial score (nSPS) is 11.9. The lowest BCUT2D eigenvalue weighted by Crippen LogP contribution is -2.35. The number of rotatable bonds is 6. The highest BCUT2D eigenvalue weighted by atomic mass is 19.4.